The number of methoxy groups -OCH3 is 2. The van der Waals surface area contributed by atoms with Crippen molar-refractivity contribution in [1.29, 1.82) is 0 Å². The molecule has 0 N–H and O–H groups in total. The first-order chi connectivity index (χ1) is 8.15. The number of halogens is 2. The summed E-state index contributed by atoms with van der Waals surface area (Å²) in [4.78, 5) is 0. The SMILES string of the molecule is CCCCC(Cl)c1ccc(OC)c(Cl)c1OC. The largest absolute Gasteiger partial charge is 0.495 e. The summed E-state index contributed by atoms with van der Waals surface area (Å²) in [7, 11) is 3.17. The van der Waals surface area contributed by atoms with E-state index in [1.807, 2.05) is 12.1 Å². The van der Waals surface area contributed by atoms with Gasteiger partial charge in [0.05, 0.1) is 19.6 Å². The molecule has 1 aromatic carbocycles. The lowest BCUT2D eigenvalue weighted by Crippen LogP contribution is -1.98. The van der Waals surface area contributed by atoms with Gasteiger partial charge >= 0.3 is 0 Å². The van der Waals surface area contributed by atoms with E-state index in [0.29, 0.717) is 16.5 Å². The van der Waals surface area contributed by atoms with Gasteiger partial charge in [-0.25, -0.2) is 0 Å². The smallest absolute Gasteiger partial charge is 0.145 e. The minimum Gasteiger partial charge on any atom is -0.495 e. The van der Waals surface area contributed by atoms with Gasteiger partial charge in [-0.1, -0.05) is 37.4 Å². The zero-order valence-electron chi connectivity index (χ0n) is 10.4. The third kappa shape index (κ3) is 3.43. The summed E-state index contributed by atoms with van der Waals surface area (Å²) in [6, 6.07) is 3.73. The first kappa shape index (κ1) is 14.5. The van der Waals surface area contributed by atoms with Crippen LogP contribution in [0.15, 0.2) is 12.1 Å². The molecule has 0 aliphatic heterocycles. The van der Waals surface area contributed by atoms with Crippen molar-refractivity contribution in [3.05, 3.63) is 22.7 Å². The van der Waals surface area contributed by atoms with Crippen LogP contribution in [-0.2, 0) is 0 Å². The topological polar surface area (TPSA) is 18.5 Å². The van der Waals surface area contributed by atoms with E-state index >= 15 is 0 Å². The van der Waals surface area contributed by atoms with E-state index in [4.69, 9.17) is 32.7 Å². The summed E-state index contributed by atoms with van der Waals surface area (Å²) >= 11 is 12.5. The van der Waals surface area contributed by atoms with E-state index in [9.17, 15) is 0 Å². The van der Waals surface area contributed by atoms with Crippen molar-refractivity contribution in [3.8, 4) is 11.5 Å². The highest BCUT2D eigenvalue weighted by Gasteiger charge is 2.18. The molecule has 1 unspecified atom stereocenters. The Bertz CT molecular complexity index is 367. The van der Waals surface area contributed by atoms with E-state index in [-0.39, 0.29) is 5.38 Å². The summed E-state index contributed by atoms with van der Waals surface area (Å²) in [6.45, 7) is 2.14. The molecule has 2 nitrogen and oxygen atoms in total. The maximum absolute atomic E-state index is 6.36. The Hall–Kier alpha value is -0.600. The number of unbranched alkanes of at least 4 members (excludes halogenated alkanes) is 1. The maximum atomic E-state index is 6.36. The molecule has 0 aliphatic carbocycles. The second kappa shape index (κ2) is 6.97. The summed E-state index contributed by atoms with van der Waals surface area (Å²) in [5.41, 5.74) is 0.924. The minimum absolute atomic E-state index is 0.0756. The van der Waals surface area contributed by atoms with Crippen LogP contribution in [0.3, 0.4) is 0 Å². The van der Waals surface area contributed by atoms with Crippen LogP contribution < -0.4 is 9.47 Å². The van der Waals surface area contributed by atoms with Crippen LogP contribution in [0.5, 0.6) is 11.5 Å². The van der Waals surface area contributed by atoms with Crippen molar-refractivity contribution in [1.82, 2.24) is 0 Å². The third-order valence-electron chi connectivity index (χ3n) is 2.66. The normalized spacial score (nSPS) is 12.3. The molecule has 1 atom stereocenters. The Morgan fingerprint density at radius 2 is 1.94 bits per heavy atom. The molecule has 0 fully saturated rings. The zero-order valence-corrected chi connectivity index (χ0v) is 11.9. The number of benzene rings is 1. The first-order valence-electron chi connectivity index (χ1n) is 5.70. The Labute approximate surface area is 113 Å². The number of hydrogen-bond acceptors (Lipinski definition) is 2. The number of ether oxygens (including phenoxy) is 2. The lowest BCUT2D eigenvalue weighted by Gasteiger charge is -2.16. The monoisotopic (exact) mass is 276 g/mol. The quantitative estimate of drug-likeness (QED) is 0.693. The van der Waals surface area contributed by atoms with E-state index < -0.39 is 0 Å². The van der Waals surface area contributed by atoms with E-state index in [2.05, 4.69) is 6.92 Å². The van der Waals surface area contributed by atoms with Crippen molar-refractivity contribution in [2.75, 3.05) is 14.2 Å². The molecule has 1 aromatic rings. The van der Waals surface area contributed by atoms with Crippen LogP contribution in [-0.4, -0.2) is 14.2 Å². The fourth-order valence-electron chi connectivity index (χ4n) is 1.70. The zero-order chi connectivity index (χ0) is 12.8. The van der Waals surface area contributed by atoms with Gasteiger partial charge in [0.2, 0.25) is 0 Å². The summed E-state index contributed by atoms with van der Waals surface area (Å²) < 4.78 is 10.5. The fourth-order valence-corrected chi connectivity index (χ4v) is 2.36. The van der Waals surface area contributed by atoms with Crippen LogP contribution >= 0.6 is 23.2 Å². The van der Waals surface area contributed by atoms with E-state index in [0.717, 1.165) is 24.8 Å². The lowest BCUT2D eigenvalue weighted by molar-refractivity contribution is 0.390. The lowest BCUT2D eigenvalue weighted by atomic mass is 10.1. The van der Waals surface area contributed by atoms with Crippen LogP contribution in [0.25, 0.3) is 0 Å². The molecule has 17 heavy (non-hydrogen) atoms. The van der Waals surface area contributed by atoms with Crippen molar-refractivity contribution in [2.24, 2.45) is 0 Å². The van der Waals surface area contributed by atoms with Gasteiger partial charge in [-0.05, 0) is 12.5 Å². The standard InChI is InChI=1S/C13H18Cl2O2/c1-4-5-6-10(14)9-7-8-11(16-2)12(15)13(9)17-3/h7-8,10H,4-6H2,1-3H3. The van der Waals surface area contributed by atoms with Gasteiger partial charge in [0, 0.05) is 5.56 Å². The van der Waals surface area contributed by atoms with Crippen LogP contribution in [0, 0.1) is 0 Å². The minimum atomic E-state index is -0.0756. The molecule has 0 saturated carbocycles. The van der Waals surface area contributed by atoms with Crippen molar-refractivity contribution in [2.45, 2.75) is 31.6 Å². The van der Waals surface area contributed by atoms with Gasteiger partial charge < -0.3 is 9.47 Å². The third-order valence-corrected chi connectivity index (χ3v) is 3.48. The number of alkyl halides is 1. The summed E-state index contributed by atoms with van der Waals surface area (Å²) in [5.74, 6) is 1.22. The van der Waals surface area contributed by atoms with Gasteiger partial charge in [-0.15, -0.1) is 11.6 Å². The van der Waals surface area contributed by atoms with E-state index in [1.165, 1.54) is 0 Å². The maximum Gasteiger partial charge on any atom is 0.145 e. The average molecular weight is 277 g/mol. The van der Waals surface area contributed by atoms with Gasteiger partial charge in [0.1, 0.15) is 16.5 Å². The molecule has 0 amide bonds. The Kier molecular flexibility index (Phi) is 5.93. The van der Waals surface area contributed by atoms with Gasteiger partial charge in [0.25, 0.3) is 0 Å². The van der Waals surface area contributed by atoms with Crippen LogP contribution in [0.1, 0.15) is 37.1 Å². The first-order valence-corrected chi connectivity index (χ1v) is 6.51. The molecule has 0 saturated heterocycles. The molecule has 0 heterocycles. The van der Waals surface area contributed by atoms with E-state index in [1.54, 1.807) is 14.2 Å². The molecule has 96 valence electrons. The predicted octanol–water partition coefficient (Wildman–Crippen LogP) is 4.83. The molecule has 0 aliphatic rings. The molecule has 0 aromatic heterocycles. The second-order valence-electron chi connectivity index (χ2n) is 3.81. The Balaban J connectivity index is 3.03. The van der Waals surface area contributed by atoms with Gasteiger partial charge in [-0.2, -0.15) is 0 Å². The molecule has 0 spiro atoms. The average Bonchev–Trinajstić information content (AvgIpc) is 2.35. The highest BCUT2D eigenvalue weighted by molar-refractivity contribution is 6.34. The molecular weight excluding hydrogens is 259 g/mol. The number of hydrogen-bond donors (Lipinski definition) is 0. The second-order valence-corrected chi connectivity index (χ2v) is 4.72. The molecule has 1 rings (SSSR count). The summed E-state index contributed by atoms with van der Waals surface area (Å²) in [5, 5.41) is 0.406. The fraction of sp³-hybridized carbons (Fsp3) is 0.538. The number of rotatable bonds is 6. The van der Waals surface area contributed by atoms with Crippen molar-refractivity contribution >= 4 is 23.2 Å². The van der Waals surface area contributed by atoms with Gasteiger partial charge in [-0.3, -0.25) is 0 Å². The molecule has 0 radical (unpaired) electrons. The highest BCUT2D eigenvalue weighted by atomic mass is 35.5. The van der Waals surface area contributed by atoms with Gasteiger partial charge in [0.15, 0.2) is 0 Å². The Morgan fingerprint density at radius 1 is 1.24 bits per heavy atom. The van der Waals surface area contributed by atoms with Crippen LogP contribution in [0.2, 0.25) is 5.02 Å². The molecule has 0 bridgehead atoms. The summed E-state index contributed by atoms with van der Waals surface area (Å²) in [6.07, 6.45) is 3.12. The van der Waals surface area contributed by atoms with Crippen molar-refractivity contribution < 1.29 is 9.47 Å². The van der Waals surface area contributed by atoms with Crippen molar-refractivity contribution in [3.63, 3.8) is 0 Å². The molecular formula is C13H18Cl2O2. The highest BCUT2D eigenvalue weighted by Crippen LogP contribution is 2.42. The Morgan fingerprint density at radius 3 is 2.47 bits per heavy atom. The predicted molar refractivity (Wildman–Crippen MR) is 72.7 cm³/mol. The van der Waals surface area contributed by atoms with Crippen LogP contribution in [0.4, 0.5) is 0 Å². The molecule has 4 heteroatoms.